The fourth-order valence-electron chi connectivity index (χ4n) is 7.40. The van der Waals surface area contributed by atoms with Crippen LogP contribution in [0.15, 0.2) is 59.6 Å². The second kappa shape index (κ2) is 11.6. The molecule has 8 heteroatoms. The highest BCUT2D eigenvalue weighted by Crippen LogP contribution is 2.47. The molecule has 3 heterocycles. The molecule has 0 radical (unpaired) electrons. The fourth-order valence-corrected chi connectivity index (χ4v) is 7.40. The summed E-state index contributed by atoms with van der Waals surface area (Å²) in [5.74, 6) is 1.89. The molecular weight excluding hydrogens is 576 g/mol. The molecule has 1 aliphatic carbocycles. The highest BCUT2D eigenvalue weighted by Gasteiger charge is 2.33. The number of fused-ring (bicyclic) bond motifs is 6. The van der Waals surface area contributed by atoms with Crippen molar-refractivity contribution >= 4 is 34.1 Å². The van der Waals surface area contributed by atoms with Gasteiger partial charge in [-0.3, -0.25) is 14.6 Å². The zero-order valence-electron chi connectivity index (χ0n) is 27.4. The monoisotopic (exact) mass is 618 g/mol. The number of carbonyl (C=O) groups is 2. The summed E-state index contributed by atoms with van der Waals surface area (Å²) in [4.78, 5) is 32.9. The summed E-state index contributed by atoms with van der Waals surface area (Å²) >= 11 is 0. The van der Waals surface area contributed by atoms with Crippen LogP contribution in [0.25, 0.3) is 22.2 Å². The van der Waals surface area contributed by atoms with Gasteiger partial charge in [-0.1, -0.05) is 31.4 Å². The molecule has 238 valence electrons. The smallest absolute Gasteiger partial charge is 0.253 e. The molecule has 1 saturated carbocycles. The number of hydrogen-bond donors (Lipinski definition) is 1. The number of nitrogens with zero attached hydrogens (tertiary/aromatic N) is 3. The van der Waals surface area contributed by atoms with Crippen LogP contribution >= 0.6 is 0 Å². The van der Waals surface area contributed by atoms with Gasteiger partial charge in [0.2, 0.25) is 0 Å². The minimum Gasteiger partial charge on any atom is -0.497 e. The first-order valence-corrected chi connectivity index (χ1v) is 16.4. The van der Waals surface area contributed by atoms with Gasteiger partial charge in [-0.2, -0.15) is 0 Å². The number of rotatable bonds is 6. The van der Waals surface area contributed by atoms with E-state index in [0.29, 0.717) is 36.6 Å². The van der Waals surface area contributed by atoms with Crippen molar-refractivity contribution in [1.82, 2.24) is 14.8 Å². The van der Waals surface area contributed by atoms with Crippen molar-refractivity contribution < 1.29 is 19.1 Å². The molecule has 3 aromatic carbocycles. The molecule has 1 N–H and O–H groups in total. The standard InChI is InChI=1S/C38H42N4O4/c1-38(2,33-21-24-11-12-26(19-30(24)39-33)37(44)41(3)4)40-36(43)25-13-15-28-31(20-25)42-17-18-46-32-22-27(45-5)14-16-29(32)35(42)34(28)23-9-7-6-8-10-23/h11-16,19-20,22-23H,6-10,17-18,21H2,1-5H3,(H,40,43). The Labute approximate surface area is 270 Å². The Bertz CT molecular complexity index is 1890. The number of aliphatic imine (C=N–C) groups is 1. The first-order chi connectivity index (χ1) is 22.1. The van der Waals surface area contributed by atoms with Crippen molar-refractivity contribution in [3.63, 3.8) is 0 Å². The van der Waals surface area contributed by atoms with Crippen molar-refractivity contribution in [2.45, 2.75) is 70.4 Å². The number of aromatic nitrogens is 1. The maximum absolute atomic E-state index is 13.9. The molecule has 0 atom stereocenters. The lowest BCUT2D eigenvalue weighted by Gasteiger charge is -2.26. The highest BCUT2D eigenvalue weighted by molar-refractivity contribution is 6.07. The Morgan fingerprint density at radius 2 is 1.78 bits per heavy atom. The van der Waals surface area contributed by atoms with Crippen molar-refractivity contribution in [2.75, 3.05) is 27.8 Å². The molecule has 0 spiro atoms. The molecule has 0 bridgehead atoms. The van der Waals surface area contributed by atoms with Crippen molar-refractivity contribution in [3.8, 4) is 22.8 Å². The second-order valence-corrected chi connectivity index (χ2v) is 13.5. The van der Waals surface area contributed by atoms with E-state index >= 15 is 0 Å². The quantitative estimate of drug-likeness (QED) is 0.246. The van der Waals surface area contributed by atoms with Gasteiger partial charge in [0.1, 0.15) is 18.1 Å². The van der Waals surface area contributed by atoms with E-state index in [2.05, 4.69) is 28.1 Å². The average molecular weight is 619 g/mol. The number of methoxy groups -OCH3 is 1. The molecule has 1 fully saturated rings. The average Bonchev–Trinajstić information content (AvgIpc) is 3.58. The maximum Gasteiger partial charge on any atom is 0.253 e. The summed E-state index contributed by atoms with van der Waals surface area (Å²) in [6.07, 6.45) is 6.72. The molecule has 0 unspecified atom stereocenters. The minimum atomic E-state index is -0.689. The van der Waals surface area contributed by atoms with Crippen LogP contribution in [0.2, 0.25) is 0 Å². The third kappa shape index (κ3) is 5.23. The number of hydrogen-bond acceptors (Lipinski definition) is 5. The summed E-state index contributed by atoms with van der Waals surface area (Å²) in [7, 11) is 5.16. The molecule has 3 aliphatic rings. The first kappa shape index (κ1) is 30.1. The summed E-state index contributed by atoms with van der Waals surface area (Å²) in [6.45, 7) is 5.21. The molecule has 0 saturated heterocycles. The van der Waals surface area contributed by atoms with E-state index < -0.39 is 5.54 Å². The first-order valence-electron chi connectivity index (χ1n) is 16.4. The van der Waals surface area contributed by atoms with E-state index in [1.165, 1.54) is 48.7 Å². The molecule has 8 nitrogen and oxygen atoms in total. The fraction of sp³-hybridized carbons (Fsp3) is 0.395. The number of benzene rings is 3. The summed E-state index contributed by atoms with van der Waals surface area (Å²) < 4.78 is 14.2. The molecule has 7 rings (SSSR count). The SMILES string of the molecule is COc1ccc2c(c1)OCCn1c-2c(C2CCCCC2)c2ccc(C(=O)NC(C)(C)C3=Nc4cc(C(=O)N(C)C)ccc4C3)cc21. The molecule has 1 aromatic heterocycles. The lowest BCUT2D eigenvalue weighted by atomic mass is 9.81. The van der Waals surface area contributed by atoms with Gasteiger partial charge >= 0.3 is 0 Å². The topological polar surface area (TPSA) is 85.2 Å². The number of ether oxygens (including phenoxy) is 2. The van der Waals surface area contributed by atoms with Crippen molar-refractivity contribution in [3.05, 3.63) is 76.9 Å². The van der Waals surface area contributed by atoms with Crippen LogP contribution in [0.1, 0.15) is 83.7 Å². The highest BCUT2D eigenvalue weighted by atomic mass is 16.5. The lowest BCUT2D eigenvalue weighted by Crippen LogP contribution is -2.49. The van der Waals surface area contributed by atoms with E-state index in [0.717, 1.165) is 39.5 Å². The van der Waals surface area contributed by atoms with Gasteiger partial charge in [-0.15, -0.1) is 0 Å². The summed E-state index contributed by atoms with van der Waals surface area (Å²) in [5.41, 5.74) is 7.98. The third-order valence-electron chi connectivity index (χ3n) is 9.89. The van der Waals surface area contributed by atoms with Crippen LogP contribution in [0, 0.1) is 0 Å². The van der Waals surface area contributed by atoms with Crippen LogP contribution in [0.5, 0.6) is 11.5 Å². The second-order valence-electron chi connectivity index (χ2n) is 13.5. The van der Waals surface area contributed by atoms with Gasteiger partial charge in [0.05, 0.1) is 30.6 Å². The van der Waals surface area contributed by atoms with E-state index in [9.17, 15) is 9.59 Å². The zero-order chi connectivity index (χ0) is 32.2. The van der Waals surface area contributed by atoms with Crippen molar-refractivity contribution in [1.29, 1.82) is 0 Å². The van der Waals surface area contributed by atoms with Crippen LogP contribution in [-0.4, -0.2) is 60.3 Å². The van der Waals surface area contributed by atoms with Gasteiger partial charge < -0.3 is 24.3 Å². The van der Waals surface area contributed by atoms with Crippen molar-refractivity contribution in [2.24, 2.45) is 4.99 Å². The van der Waals surface area contributed by atoms with Gasteiger partial charge in [0, 0.05) is 59.9 Å². The maximum atomic E-state index is 13.9. The molecular formula is C38H42N4O4. The Morgan fingerprint density at radius 3 is 2.54 bits per heavy atom. The van der Waals surface area contributed by atoms with Crippen LogP contribution in [0.4, 0.5) is 5.69 Å². The number of amides is 2. The normalized spacial score (nSPS) is 16.1. The minimum absolute atomic E-state index is 0.0564. The predicted molar refractivity (Wildman–Crippen MR) is 182 cm³/mol. The van der Waals surface area contributed by atoms with Gasteiger partial charge in [0.25, 0.3) is 11.8 Å². The van der Waals surface area contributed by atoms with Crippen LogP contribution in [-0.2, 0) is 13.0 Å². The molecule has 2 amide bonds. The van der Waals surface area contributed by atoms with Gasteiger partial charge in [0.15, 0.2) is 0 Å². The van der Waals surface area contributed by atoms with Gasteiger partial charge in [-0.25, -0.2) is 0 Å². The summed E-state index contributed by atoms with van der Waals surface area (Å²) in [6, 6.07) is 17.9. The third-order valence-corrected chi connectivity index (χ3v) is 9.89. The Balaban J connectivity index is 1.23. The largest absolute Gasteiger partial charge is 0.497 e. The zero-order valence-corrected chi connectivity index (χ0v) is 27.4. The van der Waals surface area contributed by atoms with Gasteiger partial charge in [-0.05, 0) is 80.1 Å². The number of nitrogens with one attached hydrogen (secondary N) is 1. The van der Waals surface area contributed by atoms with E-state index in [1.807, 2.05) is 50.2 Å². The predicted octanol–water partition coefficient (Wildman–Crippen LogP) is 7.30. The van der Waals surface area contributed by atoms with E-state index in [-0.39, 0.29) is 11.8 Å². The van der Waals surface area contributed by atoms with Crippen LogP contribution < -0.4 is 14.8 Å². The lowest BCUT2D eigenvalue weighted by molar-refractivity contribution is 0.0827. The number of carbonyl (C=O) groups excluding carboxylic acids is 2. The van der Waals surface area contributed by atoms with E-state index in [4.69, 9.17) is 14.5 Å². The summed E-state index contributed by atoms with van der Waals surface area (Å²) in [5, 5.41) is 4.49. The molecule has 4 aromatic rings. The Kier molecular flexibility index (Phi) is 7.62. The van der Waals surface area contributed by atoms with E-state index in [1.54, 1.807) is 26.1 Å². The Hall–Kier alpha value is -4.59. The molecule has 46 heavy (non-hydrogen) atoms. The Morgan fingerprint density at radius 1 is 1.00 bits per heavy atom. The molecule has 2 aliphatic heterocycles. The van der Waals surface area contributed by atoms with Crippen LogP contribution in [0.3, 0.4) is 0 Å².